The number of hydrogen-bond acceptors (Lipinski definition) is 8. The van der Waals surface area contributed by atoms with Crippen molar-refractivity contribution in [1.29, 1.82) is 0 Å². The molecule has 27 heavy (non-hydrogen) atoms. The van der Waals surface area contributed by atoms with Crippen molar-refractivity contribution in [3.8, 4) is 5.75 Å². The first-order valence-electron chi connectivity index (χ1n) is 8.30. The van der Waals surface area contributed by atoms with E-state index < -0.39 is 15.9 Å². The summed E-state index contributed by atoms with van der Waals surface area (Å²) in [6.45, 7) is 4.22. The van der Waals surface area contributed by atoms with E-state index in [2.05, 4.69) is 15.5 Å². The number of carbonyl (C=O) groups excluding carboxylic acids is 1. The zero-order valence-electron chi connectivity index (χ0n) is 15.3. The monoisotopic (exact) mass is 430 g/mol. The standard InChI is InChI=1S/C16H22N4O4S3/c1-4-10-24-13-8-6-12(7-9-13)20(27(3,22)23)11-14(21)17-15-18-19-16(26-15)25-5-2/h6-9H,4-5,10-11H2,1-3H3,(H,17,18,21). The number of nitrogens with one attached hydrogen (secondary N) is 1. The molecule has 0 aliphatic heterocycles. The molecule has 1 aromatic carbocycles. The molecule has 0 aliphatic carbocycles. The van der Waals surface area contributed by atoms with Gasteiger partial charge in [-0.3, -0.25) is 14.4 Å². The summed E-state index contributed by atoms with van der Waals surface area (Å²) < 4.78 is 31.6. The molecule has 2 rings (SSSR count). The van der Waals surface area contributed by atoms with E-state index in [0.29, 0.717) is 23.2 Å². The molecule has 0 fully saturated rings. The lowest BCUT2D eigenvalue weighted by molar-refractivity contribution is -0.114. The van der Waals surface area contributed by atoms with Crippen LogP contribution in [-0.4, -0.2) is 49.7 Å². The number of anilines is 2. The van der Waals surface area contributed by atoms with Gasteiger partial charge in [-0.25, -0.2) is 8.42 Å². The Kier molecular flexibility index (Phi) is 7.87. The van der Waals surface area contributed by atoms with Gasteiger partial charge in [0, 0.05) is 0 Å². The highest BCUT2D eigenvalue weighted by Crippen LogP contribution is 2.25. The van der Waals surface area contributed by atoms with Gasteiger partial charge in [0.25, 0.3) is 0 Å². The molecule has 1 amide bonds. The molecule has 1 heterocycles. The Balaban J connectivity index is 2.08. The summed E-state index contributed by atoms with van der Waals surface area (Å²) in [5, 5.41) is 10.8. The predicted octanol–water partition coefficient (Wildman–Crippen LogP) is 2.84. The molecule has 148 valence electrons. The SMILES string of the molecule is CCCOc1ccc(N(CC(=O)Nc2nnc(SCC)s2)S(C)(=O)=O)cc1. The third kappa shape index (κ3) is 6.67. The summed E-state index contributed by atoms with van der Waals surface area (Å²) >= 11 is 2.77. The van der Waals surface area contributed by atoms with Crippen molar-refractivity contribution in [1.82, 2.24) is 10.2 Å². The second kappa shape index (κ2) is 9.90. The fourth-order valence-corrected chi connectivity index (χ4v) is 4.58. The largest absolute Gasteiger partial charge is 0.494 e. The van der Waals surface area contributed by atoms with Crippen LogP contribution in [0.25, 0.3) is 0 Å². The van der Waals surface area contributed by atoms with Crippen molar-refractivity contribution in [3.05, 3.63) is 24.3 Å². The average molecular weight is 431 g/mol. The molecular weight excluding hydrogens is 408 g/mol. The van der Waals surface area contributed by atoms with Crippen molar-refractivity contribution in [2.24, 2.45) is 0 Å². The van der Waals surface area contributed by atoms with Crippen LogP contribution in [0.2, 0.25) is 0 Å². The minimum atomic E-state index is -3.64. The number of sulfonamides is 1. The first kappa shape index (κ1) is 21.5. The Labute approximate surface area is 167 Å². The molecule has 0 saturated carbocycles. The number of nitrogens with zero attached hydrogens (tertiary/aromatic N) is 3. The number of benzene rings is 1. The number of ether oxygens (including phenoxy) is 1. The van der Waals surface area contributed by atoms with Crippen molar-refractivity contribution < 1.29 is 17.9 Å². The first-order chi connectivity index (χ1) is 12.8. The number of amides is 1. The molecule has 1 aromatic heterocycles. The Morgan fingerprint density at radius 3 is 2.56 bits per heavy atom. The number of hydrogen-bond donors (Lipinski definition) is 1. The van der Waals surface area contributed by atoms with E-state index in [-0.39, 0.29) is 6.54 Å². The predicted molar refractivity (Wildman–Crippen MR) is 109 cm³/mol. The van der Waals surface area contributed by atoms with E-state index in [0.717, 1.165) is 27.1 Å². The molecule has 11 heteroatoms. The normalized spacial score (nSPS) is 11.2. The van der Waals surface area contributed by atoms with E-state index in [4.69, 9.17) is 4.74 Å². The number of rotatable bonds is 10. The number of thioether (sulfide) groups is 1. The van der Waals surface area contributed by atoms with Crippen molar-refractivity contribution in [2.75, 3.05) is 34.8 Å². The fourth-order valence-electron chi connectivity index (χ4n) is 2.06. The van der Waals surface area contributed by atoms with Gasteiger partial charge in [0.1, 0.15) is 12.3 Å². The average Bonchev–Trinajstić information content (AvgIpc) is 3.05. The van der Waals surface area contributed by atoms with Crippen molar-refractivity contribution in [2.45, 2.75) is 24.6 Å². The molecule has 0 spiro atoms. The van der Waals surface area contributed by atoms with Crippen LogP contribution in [0.5, 0.6) is 5.75 Å². The van der Waals surface area contributed by atoms with E-state index in [1.807, 2.05) is 13.8 Å². The Hall–Kier alpha value is -1.85. The summed E-state index contributed by atoms with van der Waals surface area (Å²) in [5.41, 5.74) is 0.385. The molecule has 0 radical (unpaired) electrons. The van der Waals surface area contributed by atoms with Gasteiger partial charge in [-0.2, -0.15) is 0 Å². The highest BCUT2D eigenvalue weighted by molar-refractivity contribution is 8.01. The topological polar surface area (TPSA) is 101 Å². The van der Waals surface area contributed by atoms with Crippen molar-refractivity contribution in [3.63, 3.8) is 0 Å². The summed E-state index contributed by atoms with van der Waals surface area (Å²) in [6, 6.07) is 6.58. The third-order valence-corrected chi connectivity index (χ3v) is 6.20. The van der Waals surface area contributed by atoms with Crippen LogP contribution in [0.1, 0.15) is 20.3 Å². The molecule has 0 unspecified atom stereocenters. The molecular formula is C16H22N4O4S3. The summed E-state index contributed by atoms with van der Waals surface area (Å²) in [7, 11) is -3.64. The van der Waals surface area contributed by atoms with Crippen LogP contribution in [0.3, 0.4) is 0 Å². The zero-order valence-corrected chi connectivity index (χ0v) is 17.8. The van der Waals surface area contributed by atoms with E-state index in [1.165, 1.54) is 23.1 Å². The van der Waals surface area contributed by atoms with Crippen LogP contribution >= 0.6 is 23.1 Å². The molecule has 8 nitrogen and oxygen atoms in total. The summed E-state index contributed by atoms with van der Waals surface area (Å²) in [5.74, 6) is 1.01. The maximum Gasteiger partial charge on any atom is 0.246 e. The van der Waals surface area contributed by atoms with Gasteiger partial charge in [0.2, 0.25) is 21.1 Å². The van der Waals surface area contributed by atoms with Crippen LogP contribution in [-0.2, 0) is 14.8 Å². The molecule has 1 N–H and O–H groups in total. The second-order valence-electron chi connectivity index (χ2n) is 5.47. The Bertz CT molecular complexity index is 853. The van der Waals surface area contributed by atoms with Gasteiger partial charge in [-0.05, 0) is 36.4 Å². The van der Waals surface area contributed by atoms with Crippen LogP contribution < -0.4 is 14.4 Å². The lowest BCUT2D eigenvalue weighted by Crippen LogP contribution is -2.37. The maximum atomic E-state index is 12.3. The number of aromatic nitrogens is 2. The van der Waals surface area contributed by atoms with Crippen LogP contribution in [0.4, 0.5) is 10.8 Å². The number of carbonyl (C=O) groups is 1. The first-order valence-corrected chi connectivity index (χ1v) is 11.9. The van der Waals surface area contributed by atoms with Gasteiger partial charge in [-0.1, -0.05) is 36.9 Å². The van der Waals surface area contributed by atoms with Gasteiger partial charge >= 0.3 is 0 Å². The minimum absolute atomic E-state index is 0.340. The lowest BCUT2D eigenvalue weighted by atomic mass is 10.3. The van der Waals surface area contributed by atoms with E-state index in [1.54, 1.807) is 24.3 Å². The zero-order chi connectivity index (χ0) is 19.9. The molecule has 2 aromatic rings. The van der Waals surface area contributed by atoms with Crippen molar-refractivity contribution >= 4 is 49.8 Å². The van der Waals surface area contributed by atoms with E-state index >= 15 is 0 Å². The second-order valence-corrected chi connectivity index (χ2v) is 9.86. The quantitative estimate of drug-likeness (QED) is 0.457. The highest BCUT2D eigenvalue weighted by atomic mass is 32.2. The minimum Gasteiger partial charge on any atom is -0.494 e. The summed E-state index contributed by atoms with van der Waals surface area (Å²) in [4.78, 5) is 12.3. The molecule has 0 saturated heterocycles. The lowest BCUT2D eigenvalue weighted by Gasteiger charge is -2.21. The van der Waals surface area contributed by atoms with E-state index in [9.17, 15) is 13.2 Å². The third-order valence-electron chi connectivity index (χ3n) is 3.21. The smallest absolute Gasteiger partial charge is 0.246 e. The Morgan fingerprint density at radius 2 is 1.96 bits per heavy atom. The van der Waals surface area contributed by atoms with Gasteiger partial charge < -0.3 is 4.74 Å². The molecule has 0 atom stereocenters. The molecule has 0 aliphatic rings. The fraction of sp³-hybridized carbons (Fsp3) is 0.438. The van der Waals surface area contributed by atoms with Gasteiger partial charge in [-0.15, -0.1) is 10.2 Å². The molecule has 0 bridgehead atoms. The Morgan fingerprint density at radius 1 is 1.26 bits per heavy atom. The van der Waals surface area contributed by atoms with Crippen LogP contribution in [0.15, 0.2) is 28.6 Å². The summed E-state index contributed by atoms with van der Waals surface area (Å²) in [6.07, 6.45) is 1.93. The van der Waals surface area contributed by atoms with Gasteiger partial charge in [0.15, 0.2) is 4.34 Å². The van der Waals surface area contributed by atoms with Gasteiger partial charge in [0.05, 0.1) is 18.6 Å². The maximum absolute atomic E-state index is 12.3. The van der Waals surface area contributed by atoms with Crippen LogP contribution in [0, 0.1) is 0 Å². The highest BCUT2D eigenvalue weighted by Gasteiger charge is 2.21.